The Morgan fingerprint density at radius 2 is 2.17 bits per heavy atom. The van der Waals surface area contributed by atoms with Crippen LogP contribution in [0.3, 0.4) is 0 Å². The zero-order chi connectivity index (χ0) is 8.72. The molecule has 0 amide bonds. The van der Waals surface area contributed by atoms with Gasteiger partial charge in [0.25, 0.3) is 0 Å². The van der Waals surface area contributed by atoms with Gasteiger partial charge < -0.3 is 0 Å². The van der Waals surface area contributed by atoms with Crippen molar-refractivity contribution in [2.24, 2.45) is 0 Å². The molecule has 0 aromatic carbocycles. The number of aromatic nitrogens is 1. The standard InChI is InChI=1S/C8H5Br2NS/c1-4-3-12-7-5(4)2-6(9)11-8(7)10/h2-3H,1H3. The van der Waals surface area contributed by atoms with Gasteiger partial charge in [0.1, 0.15) is 9.21 Å². The molecule has 0 saturated carbocycles. The van der Waals surface area contributed by atoms with Crippen LogP contribution < -0.4 is 0 Å². The van der Waals surface area contributed by atoms with E-state index in [1.54, 1.807) is 11.3 Å². The number of halogens is 2. The number of rotatable bonds is 0. The average molecular weight is 307 g/mol. The van der Waals surface area contributed by atoms with E-state index in [0.717, 1.165) is 9.21 Å². The summed E-state index contributed by atoms with van der Waals surface area (Å²) < 4.78 is 3.02. The molecule has 0 unspecified atom stereocenters. The lowest BCUT2D eigenvalue weighted by molar-refractivity contribution is 1.27. The van der Waals surface area contributed by atoms with Crippen molar-refractivity contribution in [2.45, 2.75) is 6.92 Å². The first-order valence-electron chi connectivity index (χ1n) is 3.38. The van der Waals surface area contributed by atoms with Crippen molar-refractivity contribution in [3.05, 3.63) is 26.2 Å². The maximum Gasteiger partial charge on any atom is 0.125 e. The van der Waals surface area contributed by atoms with Crippen molar-refractivity contribution in [3.63, 3.8) is 0 Å². The van der Waals surface area contributed by atoms with E-state index in [-0.39, 0.29) is 0 Å². The van der Waals surface area contributed by atoms with Gasteiger partial charge in [0, 0.05) is 5.39 Å². The SMILES string of the molecule is Cc1csc2c(Br)nc(Br)cc12. The summed E-state index contributed by atoms with van der Waals surface area (Å²) in [5, 5.41) is 3.41. The highest BCUT2D eigenvalue weighted by Gasteiger charge is 2.05. The van der Waals surface area contributed by atoms with Gasteiger partial charge in [-0.2, -0.15) is 0 Å². The first-order valence-corrected chi connectivity index (χ1v) is 5.85. The Morgan fingerprint density at radius 1 is 1.42 bits per heavy atom. The highest BCUT2D eigenvalue weighted by molar-refractivity contribution is 9.11. The van der Waals surface area contributed by atoms with Gasteiger partial charge in [0.05, 0.1) is 4.70 Å². The fourth-order valence-electron chi connectivity index (χ4n) is 1.09. The molecule has 0 aliphatic carbocycles. The Balaban J connectivity index is 2.92. The molecule has 0 fully saturated rings. The second-order valence-electron chi connectivity index (χ2n) is 2.53. The minimum Gasteiger partial charge on any atom is -0.232 e. The topological polar surface area (TPSA) is 12.9 Å². The van der Waals surface area contributed by atoms with E-state index >= 15 is 0 Å². The van der Waals surface area contributed by atoms with Crippen molar-refractivity contribution in [1.82, 2.24) is 4.98 Å². The van der Waals surface area contributed by atoms with Crippen LogP contribution >= 0.6 is 43.2 Å². The summed E-state index contributed by atoms with van der Waals surface area (Å²) in [7, 11) is 0. The quantitative estimate of drug-likeness (QED) is 0.667. The molecule has 0 radical (unpaired) electrons. The lowest BCUT2D eigenvalue weighted by Gasteiger charge is -1.95. The van der Waals surface area contributed by atoms with Gasteiger partial charge >= 0.3 is 0 Å². The molecular formula is C8H5Br2NS. The molecule has 0 aliphatic heterocycles. The normalized spacial score (nSPS) is 10.9. The summed E-state index contributed by atoms with van der Waals surface area (Å²) in [6.07, 6.45) is 0. The molecule has 1 nitrogen and oxygen atoms in total. The van der Waals surface area contributed by atoms with E-state index < -0.39 is 0 Å². The van der Waals surface area contributed by atoms with Crippen LogP contribution in [0.4, 0.5) is 0 Å². The second kappa shape index (κ2) is 3.09. The van der Waals surface area contributed by atoms with E-state index in [9.17, 15) is 0 Å². The predicted molar refractivity (Wildman–Crippen MR) is 59.8 cm³/mol. The maximum atomic E-state index is 4.26. The van der Waals surface area contributed by atoms with Crippen molar-refractivity contribution >= 4 is 53.3 Å². The van der Waals surface area contributed by atoms with Crippen LogP contribution in [0.1, 0.15) is 5.56 Å². The number of hydrogen-bond acceptors (Lipinski definition) is 2. The van der Waals surface area contributed by atoms with E-state index in [0.29, 0.717) is 0 Å². The van der Waals surface area contributed by atoms with Gasteiger partial charge in [-0.25, -0.2) is 4.98 Å². The Kier molecular flexibility index (Phi) is 2.23. The van der Waals surface area contributed by atoms with Crippen molar-refractivity contribution in [2.75, 3.05) is 0 Å². The maximum absolute atomic E-state index is 4.26. The predicted octanol–water partition coefficient (Wildman–Crippen LogP) is 4.13. The van der Waals surface area contributed by atoms with Gasteiger partial charge in [0.15, 0.2) is 0 Å². The van der Waals surface area contributed by atoms with Crippen LogP contribution in [-0.2, 0) is 0 Å². The molecular weight excluding hydrogens is 302 g/mol. The van der Waals surface area contributed by atoms with Crippen LogP contribution in [0, 0.1) is 6.92 Å². The Hall–Kier alpha value is 0.0700. The Labute approximate surface area is 91.1 Å². The van der Waals surface area contributed by atoms with Gasteiger partial charge in [-0.05, 0) is 55.8 Å². The molecule has 12 heavy (non-hydrogen) atoms. The third-order valence-corrected chi connectivity index (χ3v) is 4.04. The average Bonchev–Trinajstić information content (AvgIpc) is 2.33. The third kappa shape index (κ3) is 1.32. The van der Waals surface area contributed by atoms with Crippen LogP contribution in [0.2, 0.25) is 0 Å². The van der Waals surface area contributed by atoms with Crippen LogP contribution in [-0.4, -0.2) is 4.98 Å². The summed E-state index contributed by atoms with van der Waals surface area (Å²) in [4.78, 5) is 4.26. The fraction of sp³-hybridized carbons (Fsp3) is 0.125. The molecule has 0 bridgehead atoms. The molecule has 62 valence electrons. The number of aryl methyl sites for hydroxylation is 1. The zero-order valence-electron chi connectivity index (χ0n) is 6.27. The van der Waals surface area contributed by atoms with Crippen LogP contribution in [0.25, 0.3) is 10.1 Å². The molecule has 0 spiro atoms. The number of pyridine rings is 1. The minimum atomic E-state index is 0.878. The van der Waals surface area contributed by atoms with Crippen molar-refractivity contribution < 1.29 is 0 Å². The first-order chi connectivity index (χ1) is 5.68. The first kappa shape index (κ1) is 8.66. The monoisotopic (exact) mass is 305 g/mol. The number of thiophene rings is 1. The molecule has 2 aromatic rings. The Bertz CT molecular complexity index is 436. The lowest BCUT2D eigenvalue weighted by atomic mass is 10.2. The van der Waals surface area contributed by atoms with Crippen molar-refractivity contribution in [1.29, 1.82) is 0 Å². The summed E-state index contributed by atoms with van der Waals surface area (Å²) in [5.41, 5.74) is 1.30. The molecule has 0 N–H and O–H groups in total. The molecule has 0 atom stereocenters. The molecule has 2 rings (SSSR count). The highest BCUT2D eigenvalue weighted by atomic mass is 79.9. The molecule has 0 saturated heterocycles. The summed E-state index contributed by atoms with van der Waals surface area (Å²) in [6, 6.07) is 2.05. The van der Waals surface area contributed by atoms with Gasteiger partial charge in [-0.15, -0.1) is 11.3 Å². The number of hydrogen-bond donors (Lipinski definition) is 0. The Morgan fingerprint density at radius 3 is 2.92 bits per heavy atom. The van der Waals surface area contributed by atoms with E-state index in [1.165, 1.54) is 15.6 Å². The summed E-state index contributed by atoms with van der Waals surface area (Å²) in [6.45, 7) is 2.11. The highest BCUT2D eigenvalue weighted by Crippen LogP contribution is 2.32. The smallest absolute Gasteiger partial charge is 0.125 e. The number of nitrogens with zero attached hydrogens (tertiary/aromatic N) is 1. The van der Waals surface area contributed by atoms with Gasteiger partial charge in [-0.3, -0.25) is 0 Å². The second-order valence-corrected chi connectivity index (χ2v) is 4.97. The van der Waals surface area contributed by atoms with E-state index in [4.69, 9.17) is 0 Å². The van der Waals surface area contributed by atoms with E-state index in [2.05, 4.69) is 49.1 Å². The fourth-order valence-corrected chi connectivity index (χ4v) is 3.33. The summed E-state index contributed by atoms with van der Waals surface area (Å²) in [5.74, 6) is 0. The van der Waals surface area contributed by atoms with Crippen LogP contribution in [0.15, 0.2) is 20.7 Å². The molecule has 2 heterocycles. The lowest BCUT2D eigenvalue weighted by Crippen LogP contribution is -1.77. The number of fused-ring (bicyclic) bond motifs is 1. The summed E-state index contributed by atoms with van der Waals surface area (Å²) >= 11 is 8.51. The molecule has 4 heteroatoms. The largest absolute Gasteiger partial charge is 0.232 e. The minimum absolute atomic E-state index is 0.878. The van der Waals surface area contributed by atoms with Gasteiger partial charge in [0.2, 0.25) is 0 Å². The van der Waals surface area contributed by atoms with Gasteiger partial charge in [-0.1, -0.05) is 0 Å². The molecule has 0 aliphatic rings. The van der Waals surface area contributed by atoms with Crippen molar-refractivity contribution in [3.8, 4) is 0 Å². The van der Waals surface area contributed by atoms with E-state index in [1.807, 2.05) is 6.07 Å². The third-order valence-electron chi connectivity index (χ3n) is 1.68. The molecule has 2 aromatic heterocycles. The van der Waals surface area contributed by atoms with Crippen LogP contribution in [0.5, 0.6) is 0 Å². The zero-order valence-corrected chi connectivity index (χ0v) is 10.3.